The monoisotopic (exact) mass is 451 g/mol. The van der Waals surface area contributed by atoms with E-state index in [4.69, 9.17) is 4.98 Å². The summed E-state index contributed by atoms with van der Waals surface area (Å²) in [5.74, 6) is 2.65. The quantitative estimate of drug-likeness (QED) is 0.282. The Morgan fingerprint density at radius 2 is 1.56 bits per heavy atom. The molecule has 0 amide bonds. The largest absolute Gasteiger partial charge is 0.324 e. The van der Waals surface area contributed by atoms with Gasteiger partial charge in [0.1, 0.15) is 17.1 Å². The third-order valence-electron chi connectivity index (χ3n) is 7.25. The molecule has 174 valence electrons. The van der Waals surface area contributed by atoms with E-state index < -0.39 is 0 Å². The summed E-state index contributed by atoms with van der Waals surface area (Å²) >= 11 is 0. The normalized spacial score (nSPS) is 18.3. The van der Waals surface area contributed by atoms with Crippen LogP contribution in [0.25, 0.3) is 33.5 Å². The summed E-state index contributed by atoms with van der Waals surface area (Å²) in [6.45, 7) is 3.05. The van der Waals surface area contributed by atoms with E-state index in [1.807, 2.05) is 18.5 Å². The second kappa shape index (κ2) is 10.3. The van der Waals surface area contributed by atoms with Crippen LogP contribution in [0.15, 0.2) is 73.1 Å². The molecule has 2 aromatic heterocycles. The van der Waals surface area contributed by atoms with Crippen molar-refractivity contribution >= 4 is 16.8 Å². The van der Waals surface area contributed by atoms with Gasteiger partial charge in [0, 0.05) is 31.1 Å². The van der Waals surface area contributed by atoms with E-state index in [1.54, 1.807) is 0 Å². The fourth-order valence-electron chi connectivity index (χ4n) is 5.41. The molecule has 0 atom stereocenters. The molecule has 34 heavy (non-hydrogen) atoms. The van der Waals surface area contributed by atoms with E-state index in [0.717, 1.165) is 61.1 Å². The fourth-order valence-corrected chi connectivity index (χ4v) is 5.41. The molecule has 0 unspecified atom stereocenters. The van der Waals surface area contributed by atoms with Crippen molar-refractivity contribution in [2.75, 3.05) is 0 Å². The van der Waals surface area contributed by atoms with Gasteiger partial charge in [-0.2, -0.15) is 0 Å². The summed E-state index contributed by atoms with van der Waals surface area (Å²) in [5, 5.41) is 0. The molecule has 0 N–H and O–H groups in total. The van der Waals surface area contributed by atoms with Gasteiger partial charge in [0.25, 0.3) is 0 Å². The van der Waals surface area contributed by atoms with Crippen LogP contribution in [0.5, 0.6) is 0 Å². The van der Waals surface area contributed by atoms with E-state index in [1.165, 1.54) is 24.0 Å². The molecule has 4 nitrogen and oxygen atoms in total. The van der Waals surface area contributed by atoms with Crippen LogP contribution < -0.4 is 0 Å². The van der Waals surface area contributed by atoms with Crippen molar-refractivity contribution in [2.24, 2.45) is 11.8 Å². The molecule has 4 heteroatoms. The number of ketones is 1. The number of hydrogen-bond donors (Lipinski definition) is 0. The van der Waals surface area contributed by atoms with Gasteiger partial charge in [0.2, 0.25) is 0 Å². The van der Waals surface area contributed by atoms with Gasteiger partial charge in [0.15, 0.2) is 0 Å². The molecule has 0 aliphatic heterocycles. The molecule has 4 aromatic rings. The van der Waals surface area contributed by atoms with Crippen molar-refractivity contribution in [1.82, 2.24) is 14.5 Å². The molecule has 1 fully saturated rings. The van der Waals surface area contributed by atoms with E-state index in [9.17, 15) is 4.79 Å². The van der Waals surface area contributed by atoms with Crippen molar-refractivity contribution in [1.29, 1.82) is 0 Å². The standard InChI is InChI=1S/C30H33N3O/c1-2-6-27(34)19-22-9-11-23(12-10-22)21-33-29-17-18-31-20-28(29)32-30(33)26-15-13-25(14-16-26)24-7-4-3-5-8-24/h3-5,7-8,13-18,20,22-23H,2,6,9-12,19,21H2,1H3. The Balaban J connectivity index is 1.36. The zero-order valence-electron chi connectivity index (χ0n) is 20.0. The topological polar surface area (TPSA) is 47.8 Å². The number of Topliss-reactive ketones (excluding diaryl/α,β-unsaturated/α-hetero) is 1. The van der Waals surface area contributed by atoms with Crippen molar-refractivity contribution in [3.63, 3.8) is 0 Å². The molecule has 0 bridgehead atoms. The number of hydrogen-bond acceptors (Lipinski definition) is 3. The highest BCUT2D eigenvalue weighted by molar-refractivity contribution is 5.80. The predicted octanol–water partition coefficient (Wildman–Crippen LogP) is 7.33. The van der Waals surface area contributed by atoms with Gasteiger partial charge in [-0.25, -0.2) is 4.98 Å². The van der Waals surface area contributed by atoms with Crippen molar-refractivity contribution < 1.29 is 4.79 Å². The molecule has 1 aliphatic carbocycles. The number of nitrogens with zero attached hydrogens (tertiary/aromatic N) is 3. The average molecular weight is 452 g/mol. The van der Waals surface area contributed by atoms with E-state index in [0.29, 0.717) is 17.6 Å². The SMILES string of the molecule is CCCC(=O)CC1CCC(Cn2c(-c3ccc(-c4ccccc4)cc3)nc3cnccc32)CC1. The third kappa shape index (κ3) is 4.96. The first-order valence-corrected chi connectivity index (χ1v) is 12.7. The molecular weight excluding hydrogens is 418 g/mol. The highest BCUT2D eigenvalue weighted by atomic mass is 16.1. The van der Waals surface area contributed by atoms with Crippen LogP contribution in [-0.2, 0) is 11.3 Å². The highest BCUT2D eigenvalue weighted by Crippen LogP contribution is 2.35. The Kier molecular flexibility index (Phi) is 6.84. The summed E-state index contributed by atoms with van der Waals surface area (Å²) < 4.78 is 2.39. The Morgan fingerprint density at radius 1 is 0.882 bits per heavy atom. The van der Waals surface area contributed by atoms with Gasteiger partial charge in [-0.15, -0.1) is 0 Å². The lowest BCUT2D eigenvalue weighted by Crippen LogP contribution is -2.21. The Hall–Kier alpha value is -3.27. The van der Waals surface area contributed by atoms with Crippen LogP contribution in [0.1, 0.15) is 51.9 Å². The van der Waals surface area contributed by atoms with E-state index in [2.05, 4.69) is 71.1 Å². The lowest BCUT2D eigenvalue weighted by atomic mass is 9.79. The predicted molar refractivity (Wildman–Crippen MR) is 138 cm³/mol. The Labute approximate surface area is 202 Å². The van der Waals surface area contributed by atoms with Gasteiger partial charge in [0.05, 0.1) is 11.7 Å². The number of rotatable bonds is 8. The molecule has 0 radical (unpaired) electrons. The average Bonchev–Trinajstić information content (AvgIpc) is 3.24. The molecule has 2 aromatic carbocycles. The number of imidazole rings is 1. The zero-order chi connectivity index (χ0) is 23.3. The van der Waals surface area contributed by atoms with Crippen LogP contribution in [0.4, 0.5) is 0 Å². The molecule has 1 aliphatic rings. The maximum absolute atomic E-state index is 12.1. The number of pyridine rings is 1. The minimum absolute atomic E-state index is 0.445. The first kappa shape index (κ1) is 22.5. The first-order chi connectivity index (χ1) is 16.7. The van der Waals surface area contributed by atoms with Crippen molar-refractivity contribution in [3.05, 3.63) is 73.1 Å². The summed E-state index contributed by atoms with van der Waals surface area (Å²) in [5.41, 5.74) is 5.67. The minimum atomic E-state index is 0.445. The molecule has 2 heterocycles. The second-order valence-electron chi connectivity index (χ2n) is 9.73. The lowest BCUT2D eigenvalue weighted by Gasteiger charge is -2.29. The fraction of sp³-hybridized carbons (Fsp3) is 0.367. The smallest absolute Gasteiger partial charge is 0.141 e. The summed E-state index contributed by atoms with van der Waals surface area (Å²) in [6, 6.07) is 21.3. The summed E-state index contributed by atoms with van der Waals surface area (Å²) in [6.07, 6.45) is 10.9. The Bertz CT molecular complexity index is 1240. The molecule has 0 spiro atoms. The summed E-state index contributed by atoms with van der Waals surface area (Å²) in [4.78, 5) is 21.4. The molecule has 5 rings (SSSR count). The Morgan fingerprint density at radius 3 is 2.29 bits per heavy atom. The zero-order valence-corrected chi connectivity index (χ0v) is 20.0. The number of aromatic nitrogens is 3. The number of carbonyl (C=O) groups excluding carboxylic acids is 1. The maximum Gasteiger partial charge on any atom is 0.141 e. The van der Waals surface area contributed by atoms with Crippen molar-refractivity contribution in [3.8, 4) is 22.5 Å². The third-order valence-corrected chi connectivity index (χ3v) is 7.25. The van der Waals surface area contributed by atoms with Crippen LogP contribution in [0.3, 0.4) is 0 Å². The molecular formula is C30H33N3O. The van der Waals surface area contributed by atoms with Gasteiger partial charge in [-0.3, -0.25) is 9.78 Å². The second-order valence-corrected chi connectivity index (χ2v) is 9.73. The van der Waals surface area contributed by atoms with Crippen LogP contribution in [0.2, 0.25) is 0 Å². The maximum atomic E-state index is 12.1. The molecule has 1 saturated carbocycles. The van der Waals surface area contributed by atoms with Gasteiger partial charge >= 0.3 is 0 Å². The molecule has 0 saturated heterocycles. The first-order valence-electron chi connectivity index (χ1n) is 12.7. The van der Waals surface area contributed by atoms with E-state index >= 15 is 0 Å². The number of fused-ring (bicyclic) bond motifs is 1. The number of carbonyl (C=O) groups is 1. The lowest BCUT2D eigenvalue weighted by molar-refractivity contribution is -0.120. The highest BCUT2D eigenvalue weighted by Gasteiger charge is 2.25. The van der Waals surface area contributed by atoms with E-state index in [-0.39, 0.29) is 0 Å². The number of benzene rings is 2. The van der Waals surface area contributed by atoms with Crippen LogP contribution in [-0.4, -0.2) is 20.3 Å². The minimum Gasteiger partial charge on any atom is -0.324 e. The van der Waals surface area contributed by atoms with Crippen LogP contribution in [0, 0.1) is 11.8 Å². The summed E-state index contributed by atoms with van der Waals surface area (Å²) in [7, 11) is 0. The van der Waals surface area contributed by atoms with Gasteiger partial charge in [-0.05, 0) is 61.1 Å². The van der Waals surface area contributed by atoms with Gasteiger partial charge < -0.3 is 4.57 Å². The van der Waals surface area contributed by atoms with Gasteiger partial charge in [-0.1, -0.05) is 61.5 Å². The van der Waals surface area contributed by atoms with Crippen LogP contribution >= 0.6 is 0 Å². The van der Waals surface area contributed by atoms with Crippen molar-refractivity contribution in [2.45, 2.75) is 58.4 Å².